The molecule has 12 aromatic rings. The highest BCUT2D eigenvalue weighted by Crippen LogP contribution is 2.32. The van der Waals surface area contributed by atoms with E-state index < -0.39 is 40.1 Å². The van der Waals surface area contributed by atoms with Crippen LogP contribution >= 0.6 is 68.5 Å². The van der Waals surface area contributed by atoms with E-state index in [4.69, 9.17) is 43.0 Å². The van der Waals surface area contributed by atoms with Crippen molar-refractivity contribution in [1.29, 1.82) is 0 Å². The van der Waals surface area contributed by atoms with Gasteiger partial charge < -0.3 is 29.9 Å². The number of hydrogen-bond donors (Lipinski definition) is 3. The summed E-state index contributed by atoms with van der Waals surface area (Å²) in [5, 5.41) is 39.1. The molecule has 2 fully saturated rings. The van der Waals surface area contributed by atoms with Crippen LogP contribution in [0.4, 0.5) is 11.6 Å². The maximum absolute atomic E-state index is 12.9. The fourth-order valence-electron chi connectivity index (χ4n) is 10.5. The molecule has 14 heterocycles. The number of aromatic carboxylic acids is 2. The average molecular weight is 1400 g/mol. The van der Waals surface area contributed by atoms with Crippen LogP contribution in [0, 0.1) is 23.7 Å². The molecule has 26 nitrogen and oxygen atoms in total. The van der Waals surface area contributed by atoms with Gasteiger partial charge >= 0.3 is 17.9 Å². The number of aromatic hydroxyl groups is 1. The van der Waals surface area contributed by atoms with Crippen molar-refractivity contribution in [2.24, 2.45) is 23.7 Å². The molecule has 0 saturated carbocycles. The normalized spacial score (nSPS) is 15.7. The zero-order valence-corrected chi connectivity index (χ0v) is 54.8. The first-order valence-corrected chi connectivity index (χ1v) is 32.9. The number of thiazole rings is 4. The highest BCUT2D eigenvalue weighted by molar-refractivity contribution is 7.12. The largest absolute Gasteiger partial charge is 0.506 e. The Hall–Kier alpha value is -9.98. The van der Waals surface area contributed by atoms with Crippen molar-refractivity contribution in [2.45, 2.75) is 42.0 Å². The van der Waals surface area contributed by atoms with Gasteiger partial charge in [-0.2, -0.15) is 0 Å². The maximum Gasteiger partial charge on any atom is 0.343 e. The number of anilines is 2. The molecule has 488 valence electrons. The number of aldehydes is 1. The number of aromatic nitrogens is 12. The number of rotatable bonds is 11. The Morgan fingerprint density at radius 1 is 0.537 bits per heavy atom. The zero-order valence-electron chi connectivity index (χ0n) is 50.1. The molecule has 95 heavy (non-hydrogen) atoms. The molecule has 0 aliphatic carbocycles. The first-order chi connectivity index (χ1) is 45.1. The van der Waals surface area contributed by atoms with E-state index in [1.165, 1.54) is 99.0 Å². The molecule has 0 amide bonds. The lowest BCUT2D eigenvalue weighted by molar-refractivity contribution is 0.0523. The molecular formula is C63H56Cl2N14O12S4. The molecule has 0 spiro atoms. The van der Waals surface area contributed by atoms with Crippen LogP contribution in [-0.4, -0.2) is 130 Å². The molecular weight excluding hydrogens is 1340 g/mol. The molecule has 0 unspecified atom stereocenters. The van der Waals surface area contributed by atoms with Crippen molar-refractivity contribution < 1.29 is 39.2 Å². The van der Waals surface area contributed by atoms with E-state index >= 15 is 0 Å². The lowest BCUT2D eigenvalue weighted by Crippen LogP contribution is -2.23. The molecule has 2 aliphatic heterocycles. The molecule has 2 saturated heterocycles. The first-order valence-electron chi connectivity index (χ1n) is 28.6. The molecule has 2 aliphatic rings. The number of fused-ring (bicyclic) bond motifs is 4. The minimum Gasteiger partial charge on any atom is -0.506 e. The quantitative estimate of drug-likeness (QED) is 0.0615. The third-order valence-corrected chi connectivity index (χ3v) is 19.2. The predicted octanol–water partition coefficient (Wildman–Crippen LogP) is 10.6. The summed E-state index contributed by atoms with van der Waals surface area (Å²) in [4.78, 5) is 135. The van der Waals surface area contributed by atoms with Crippen LogP contribution in [0.1, 0.15) is 83.5 Å². The highest BCUT2D eigenvalue weighted by Gasteiger charge is 2.30. The van der Waals surface area contributed by atoms with E-state index in [1.807, 2.05) is 11.4 Å². The fourth-order valence-corrected chi connectivity index (χ4v) is 13.3. The van der Waals surface area contributed by atoms with Gasteiger partial charge in [0.25, 0.3) is 5.56 Å². The summed E-state index contributed by atoms with van der Waals surface area (Å²) in [5.41, 5.74) is -1.78. The summed E-state index contributed by atoms with van der Waals surface area (Å²) in [6.45, 7) is 14.5. The number of carbonyl (C=O) groups excluding carboxylic acids is 2. The van der Waals surface area contributed by atoms with Gasteiger partial charge in [-0.1, -0.05) is 58.3 Å². The van der Waals surface area contributed by atoms with Gasteiger partial charge in [-0.3, -0.25) is 37.7 Å². The van der Waals surface area contributed by atoms with E-state index in [9.17, 15) is 48.6 Å². The van der Waals surface area contributed by atoms with Gasteiger partial charge in [-0.05, 0) is 79.1 Å². The van der Waals surface area contributed by atoms with E-state index in [2.05, 4.69) is 67.4 Å². The van der Waals surface area contributed by atoms with Gasteiger partial charge in [0.2, 0.25) is 16.3 Å². The second-order valence-corrected chi connectivity index (χ2v) is 25.9. The van der Waals surface area contributed by atoms with Crippen molar-refractivity contribution >= 4 is 149 Å². The van der Waals surface area contributed by atoms with Gasteiger partial charge in [0.15, 0.2) is 49.4 Å². The van der Waals surface area contributed by atoms with Gasteiger partial charge in [-0.25, -0.2) is 58.8 Å². The molecule has 0 bridgehead atoms. The molecule has 0 aromatic carbocycles. The fraction of sp³-hybridized carbons (Fsp3) is 0.238. The van der Waals surface area contributed by atoms with Crippen molar-refractivity contribution in [2.75, 3.05) is 42.6 Å². The van der Waals surface area contributed by atoms with Crippen LogP contribution < -0.4 is 31.6 Å². The number of carbonyl (C=O) groups is 4. The third-order valence-electron chi connectivity index (χ3n) is 15.7. The van der Waals surface area contributed by atoms with Gasteiger partial charge in [0.1, 0.15) is 49.9 Å². The highest BCUT2D eigenvalue weighted by atomic mass is 35.5. The van der Waals surface area contributed by atoms with Gasteiger partial charge in [0.05, 0.1) is 28.2 Å². The van der Waals surface area contributed by atoms with Crippen molar-refractivity contribution in [3.8, 4) is 26.3 Å². The Bertz CT molecular complexity index is 5130. The lowest BCUT2D eigenvalue weighted by Gasteiger charge is -2.18. The predicted molar refractivity (Wildman–Crippen MR) is 367 cm³/mol. The minimum absolute atomic E-state index is 0. The second kappa shape index (κ2) is 28.7. The number of carboxylic acid groups (broad SMARTS) is 2. The number of ether oxygens (including phenoxy) is 1. The number of nitrogens with zero attached hydrogens (tertiary/aromatic N) is 14. The van der Waals surface area contributed by atoms with Gasteiger partial charge in [0, 0.05) is 91.1 Å². The van der Waals surface area contributed by atoms with E-state index in [0.717, 1.165) is 42.4 Å². The first kappa shape index (κ1) is 67.9. The Morgan fingerprint density at radius 2 is 0.895 bits per heavy atom. The van der Waals surface area contributed by atoms with Crippen LogP contribution in [-0.2, 0) is 4.74 Å². The van der Waals surface area contributed by atoms with Crippen molar-refractivity contribution in [3.05, 3.63) is 187 Å². The molecule has 4 atom stereocenters. The van der Waals surface area contributed by atoms with Gasteiger partial charge in [-0.15, -0.1) is 45.3 Å². The summed E-state index contributed by atoms with van der Waals surface area (Å²) in [7, 11) is 0. The van der Waals surface area contributed by atoms with Crippen molar-refractivity contribution in [3.63, 3.8) is 0 Å². The maximum atomic E-state index is 12.9. The Kier molecular flexibility index (Phi) is 20.5. The summed E-state index contributed by atoms with van der Waals surface area (Å²) >= 11 is 17.0. The molecule has 12 aromatic heterocycles. The summed E-state index contributed by atoms with van der Waals surface area (Å²) in [6, 6.07) is 12.9. The Labute approximate surface area is 563 Å². The second-order valence-electron chi connectivity index (χ2n) is 21.6. The van der Waals surface area contributed by atoms with Crippen LogP contribution in [0.2, 0.25) is 10.3 Å². The summed E-state index contributed by atoms with van der Waals surface area (Å²) in [5.74, 6) is 0.355. The monoisotopic (exact) mass is 1400 g/mol. The average Bonchev–Trinajstić information content (AvgIpc) is 1.66. The number of esters is 1. The molecule has 0 radical (unpaired) electrons. The number of carboxylic acids is 2. The lowest BCUT2D eigenvalue weighted by atomic mass is 10.0. The number of hydrogen-bond acceptors (Lipinski definition) is 24. The van der Waals surface area contributed by atoms with E-state index in [0.29, 0.717) is 67.2 Å². The summed E-state index contributed by atoms with van der Waals surface area (Å²) < 4.78 is 11.0. The van der Waals surface area contributed by atoms with E-state index in [-0.39, 0.29) is 79.5 Å². The van der Waals surface area contributed by atoms with Crippen molar-refractivity contribution in [1.82, 2.24) is 58.1 Å². The molecule has 32 heteroatoms. The summed E-state index contributed by atoms with van der Waals surface area (Å²) in [6.07, 6.45) is 10.8. The Balaban J connectivity index is 0.000000139. The smallest absolute Gasteiger partial charge is 0.343 e. The molecule has 3 N–H and O–H groups in total. The number of halogens is 2. The van der Waals surface area contributed by atoms with Crippen LogP contribution in [0.15, 0.2) is 133 Å². The minimum atomic E-state index is -1.29. The van der Waals surface area contributed by atoms with Crippen LogP contribution in [0.25, 0.3) is 64.7 Å². The topological polar surface area (TPSA) is 336 Å². The molecule has 14 rings (SSSR count). The standard InChI is InChI=1S/C20H22N4O3S.C18H18N4O3S.2C12H6ClN3O3S.CH4/c1-4-27-19(26)15-11-24(20-21-7-8-28-20)18-14(17(15)25)5-6-16(22-18)23-9-12(2)13(3)10-23;1-10-7-21(8-11(10)2)14-4-3-12-15(23)13(17(24)25)9-22(16(12)20-14)18-19-5-6-26-18;13-8-2-1-6-9(18)7(5-17)11(19)16(10(6)15-8)12-14-3-4-20-12;13-8-2-1-6-9(17)7(11(18)19)5-16(10(6)15-8)12-14-3-4-20-12;/h5-8,11-13H,4,9-10H2,1-3H3;3-6,9-11H,7-8H2,1-2H3,(H,24,25);1-5,18H;1-5H,(H,18,19);1H4/t12-,13-;10-,11-;;;/m00.../s1. The third kappa shape index (κ3) is 13.7. The van der Waals surface area contributed by atoms with Crippen LogP contribution in [0.5, 0.6) is 5.75 Å². The van der Waals surface area contributed by atoms with E-state index in [1.54, 1.807) is 69.0 Å². The van der Waals surface area contributed by atoms with Crippen LogP contribution in [0.3, 0.4) is 0 Å². The zero-order chi connectivity index (χ0) is 66.8. The number of pyridine rings is 8. The Morgan fingerprint density at radius 3 is 1.27 bits per heavy atom. The SMILES string of the molecule is C.CCOC(=O)c1cn(-c2nccs2)c2nc(N3C[C@H](C)[C@@H](C)C3)ccc2c1=O.C[C@H]1CN(c2ccc3c(=O)c(C(=O)O)cn(-c4nccs4)c3n2)C[C@@H]1C.O=C(O)c1cn(-c2nccs2)c2nc(Cl)ccc2c1=O.O=Cc1c(O)c2ccc(Cl)nc2n(-c2nccs2)c1=O.